The molecule has 1 saturated heterocycles. The summed E-state index contributed by atoms with van der Waals surface area (Å²) in [4.78, 5) is 29.3. The predicted octanol–water partition coefficient (Wildman–Crippen LogP) is -0.129. The number of rotatable bonds is 5. The molecule has 1 aliphatic rings. The Hall–Kier alpha value is -3.18. The summed E-state index contributed by atoms with van der Waals surface area (Å²) in [5.41, 5.74) is -0.793. The highest BCUT2D eigenvalue weighted by atomic mass is 19.1. The number of halogens is 1. The van der Waals surface area contributed by atoms with Gasteiger partial charge in [0.1, 0.15) is 18.3 Å². The normalized spacial score (nSPS) is 23.2. The summed E-state index contributed by atoms with van der Waals surface area (Å²) in [6, 6.07) is 11.3. The van der Waals surface area contributed by atoms with Gasteiger partial charge in [-0.15, -0.1) is 0 Å². The highest BCUT2D eigenvalue weighted by Gasteiger charge is 2.43. The Balaban J connectivity index is 1.72. The van der Waals surface area contributed by atoms with Gasteiger partial charge in [0.25, 0.3) is 5.56 Å². The Labute approximate surface area is 175 Å². The molecule has 1 aromatic carbocycles. The summed E-state index contributed by atoms with van der Waals surface area (Å²) >= 11 is 0. The molecule has 9 nitrogen and oxygen atoms in total. The molecule has 31 heavy (non-hydrogen) atoms. The van der Waals surface area contributed by atoms with E-state index >= 15 is 4.39 Å². The summed E-state index contributed by atoms with van der Waals surface area (Å²) < 4.78 is 22.1. The van der Waals surface area contributed by atoms with Crippen LogP contribution in [-0.4, -0.2) is 54.4 Å². The smallest absolute Gasteiger partial charge is 0.333 e. The van der Waals surface area contributed by atoms with Crippen LogP contribution >= 0.6 is 0 Å². The van der Waals surface area contributed by atoms with Crippen LogP contribution in [0.1, 0.15) is 11.9 Å². The number of aromatic nitrogens is 3. The van der Waals surface area contributed by atoms with Gasteiger partial charge >= 0.3 is 5.69 Å². The summed E-state index contributed by atoms with van der Waals surface area (Å²) in [5.74, 6) is -0.664. The van der Waals surface area contributed by atoms with Gasteiger partial charge in [-0.05, 0) is 11.6 Å². The molecule has 0 amide bonds. The van der Waals surface area contributed by atoms with Crippen LogP contribution in [0, 0.1) is 5.82 Å². The van der Waals surface area contributed by atoms with Crippen molar-refractivity contribution in [2.24, 2.45) is 0 Å². The molecule has 0 bridgehead atoms. The van der Waals surface area contributed by atoms with Crippen molar-refractivity contribution in [3.05, 3.63) is 87.2 Å². The second-order valence-corrected chi connectivity index (χ2v) is 7.14. The van der Waals surface area contributed by atoms with Gasteiger partial charge < -0.3 is 20.1 Å². The first-order valence-electron chi connectivity index (χ1n) is 9.55. The molecule has 1 fully saturated rings. The molecule has 10 heteroatoms. The average molecular weight is 429 g/mol. The number of aliphatic hydroxyl groups excluding tert-OH is 3. The molecule has 3 N–H and O–H groups in total. The monoisotopic (exact) mass is 429 g/mol. The Bertz CT molecular complexity index is 1200. The van der Waals surface area contributed by atoms with E-state index in [0.717, 1.165) is 21.4 Å². The zero-order valence-electron chi connectivity index (χ0n) is 16.2. The largest absolute Gasteiger partial charge is 0.394 e. The SMILES string of the molecule is O=c1ccn([C@@H]2O[C@H](CO)C(O)C2O)c(=O)n1Cc1nccc(-c2ccccc2)c1F. The van der Waals surface area contributed by atoms with E-state index in [0.29, 0.717) is 5.56 Å². The second-order valence-electron chi connectivity index (χ2n) is 7.14. The summed E-state index contributed by atoms with van der Waals surface area (Å²) in [6.07, 6.45) is -2.82. The van der Waals surface area contributed by atoms with Gasteiger partial charge in [-0.2, -0.15) is 0 Å². The number of nitrogens with zero attached hydrogens (tertiary/aromatic N) is 3. The first-order chi connectivity index (χ1) is 14.9. The lowest BCUT2D eigenvalue weighted by molar-refractivity contribution is -0.0555. The third-order valence-corrected chi connectivity index (χ3v) is 5.24. The van der Waals surface area contributed by atoms with Crippen molar-refractivity contribution in [2.75, 3.05) is 6.61 Å². The van der Waals surface area contributed by atoms with Crippen LogP contribution in [0.25, 0.3) is 11.1 Å². The first kappa shape index (κ1) is 21.1. The highest BCUT2D eigenvalue weighted by molar-refractivity contribution is 5.64. The average Bonchev–Trinajstić information content (AvgIpc) is 3.07. The Morgan fingerprint density at radius 1 is 1.06 bits per heavy atom. The number of hydrogen-bond donors (Lipinski definition) is 3. The van der Waals surface area contributed by atoms with E-state index in [1.807, 2.05) is 0 Å². The Morgan fingerprint density at radius 2 is 1.81 bits per heavy atom. The summed E-state index contributed by atoms with van der Waals surface area (Å²) in [7, 11) is 0. The fraction of sp³-hybridized carbons (Fsp3) is 0.286. The van der Waals surface area contributed by atoms with Crippen LogP contribution in [0.3, 0.4) is 0 Å². The molecule has 162 valence electrons. The number of aliphatic hydroxyl groups is 3. The lowest BCUT2D eigenvalue weighted by Crippen LogP contribution is -2.43. The van der Waals surface area contributed by atoms with Gasteiger partial charge in [0.15, 0.2) is 12.0 Å². The van der Waals surface area contributed by atoms with Crippen molar-refractivity contribution in [1.82, 2.24) is 14.1 Å². The van der Waals surface area contributed by atoms with Crippen molar-refractivity contribution in [3.8, 4) is 11.1 Å². The van der Waals surface area contributed by atoms with E-state index in [1.54, 1.807) is 30.3 Å². The van der Waals surface area contributed by atoms with Gasteiger partial charge in [-0.25, -0.2) is 9.18 Å². The number of pyridine rings is 1. The second kappa shape index (κ2) is 8.52. The maximum atomic E-state index is 15.1. The molecule has 4 atom stereocenters. The molecule has 0 radical (unpaired) electrons. The van der Waals surface area contributed by atoms with Crippen molar-refractivity contribution < 1.29 is 24.4 Å². The third-order valence-electron chi connectivity index (χ3n) is 5.24. The minimum Gasteiger partial charge on any atom is -0.394 e. The Morgan fingerprint density at radius 3 is 2.48 bits per heavy atom. The number of benzene rings is 1. The van der Waals surface area contributed by atoms with Crippen LogP contribution in [0.15, 0.2) is 64.4 Å². The molecule has 3 aromatic rings. The quantitative estimate of drug-likeness (QED) is 0.516. The minimum atomic E-state index is -1.50. The zero-order valence-corrected chi connectivity index (χ0v) is 16.2. The lowest BCUT2D eigenvalue weighted by atomic mass is 10.1. The topological polar surface area (TPSA) is 127 Å². The van der Waals surface area contributed by atoms with Crippen molar-refractivity contribution >= 4 is 0 Å². The molecular weight excluding hydrogens is 409 g/mol. The van der Waals surface area contributed by atoms with E-state index in [4.69, 9.17) is 4.74 Å². The van der Waals surface area contributed by atoms with Gasteiger partial charge in [-0.1, -0.05) is 30.3 Å². The van der Waals surface area contributed by atoms with Crippen molar-refractivity contribution in [2.45, 2.75) is 31.1 Å². The van der Waals surface area contributed by atoms with E-state index in [1.165, 1.54) is 12.3 Å². The molecule has 4 rings (SSSR count). The van der Waals surface area contributed by atoms with Crippen LogP contribution in [0.4, 0.5) is 4.39 Å². The van der Waals surface area contributed by atoms with Crippen LogP contribution < -0.4 is 11.2 Å². The van der Waals surface area contributed by atoms with Gasteiger partial charge in [0.2, 0.25) is 0 Å². The van der Waals surface area contributed by atoms with E-state index in [9.17, 15) is 24.9 Å². The maximum absolute atomic E-state index is 15.1. The zero-order chi connectivity index (χ0) is 22.1. The van der Waals surface area contributed by atoms with Gasteiger partial charge in [-0.3, -0.25) is 18.9 Å². The van der Waals surface area contributed by atoms with Gasteiger partial charge in [0.05, 0.1) is 18.8 Å². The molecule has 3 heterocycles. The molecule has 2 aromatic heterocycles. The van der Waals surface area contributed by atoms with Crippen LogP contribution in [0.5, 0.6) is 0 Å². The fourth-order valence-electron chi connectivity index (χ4n) is 3.57. The number of hydrogen-bond acceptors (Lipinski definition) is 7. The van der Waals surface area contributed by atoms with E-state index < -0.39 is 54.8 Å². The molecule has 1 aliphatic heterocycles. The summed E-state index contributed by atoms with van der Waals surface area (Å²) in [5, 5.41) is 29.4. The molecule has 0 saturated carbocycles. The van der Waals surface area contributed by atoms with E-state index in [-0.39, 0.29) is 11.3 Å². The maximum Gasteiger partial charge on any atom is 0.333 e. The van der Waals surface area contributed by atoms with Crippen LogP contribution in [0.2, 0.25) is 0 Å². The minimum absolute atomic E-state index is 0.112. The molecular formula is C21H20FN3O6. The predicted molar refractivity (Wildman–Crippen MR) is 107 cm³/mol. The third kappa shape index (κ3) is 3.81. The first-order valence-corrected chi connectivity index (χ1v) is 9.55. The summed E-state index contributed by atoms with van der Waals surface area (Å²) in [6.45, 7) is -1.01. The van der Waals surface area contributed by atoms with Crippen molar-refractivity contribution in [1.29, 1.82) is 0 Å². The lowest BCUT2D eigenvalue weighted by Gasteiger charge is -2.18. The fourth-order valence-corrected chi connectivity index (χ4v) is 3.57. The Kier molecular flexibility index (Phi) is 5.79. The molecule has 2 unspecified atom stereocenters. The van der Waals surface area contributed by atoms with E-state index in [2.05, 4.69) is 4.98 Å². The molecule has 0 aliphatic carbocycles. The molecule has 0 spiro atoms. The van der Waals surface area contributed by atoms with Crippen molar-refractivity contribution in [3.63, 3.8) is 0 Å². The number of ether oxygens (including phenoxy) is 1. The standard InChI is InChI=1S/C21H20FN3O6/c22-17-13(12-4-2-1-3-5-12)6-8-23-14(17)10-25-16(27)7-9-24(21(25)30)20-19(29)18(28)15(11-26)31-20/h1-9,15,18-20,26,28-29H,10-11H2/t15-,18?,19?,20-/m1/s1. The van der Waals surface area contributed by atoms with Crippen LogP contribution in [-0.2, 0) is 11.3 Å². The van der Waals surface area contributed by atoms with Gasteiger partial charge in [0, 0.05) is 24.0 Å². The highest BCUT2D eigenvalue weighted by Crippen LogP contribution is 2.28.